The number of carbonyl (C=O) groups excluding carboxylic acids is 1. The van der Waals surface area contributed by atoms with Crippen LogP contribution in [-0.4, -0.2) is 126 Å². The van der Waals surface area contributed by atoms with Gasteiger partial charge in [0.25, 0.3) is 0 Å². The number of likely N-dealkylation sites (tertiary alicyclic amines) is 2. The van der Waals surface area contributed by atoms with Gasteiger partial charge in [0.1, 0.15) is 39.6 Å². The summed E-state index contributed by atoms with van der Waals surface area (Å²) in [7, 11) is 3.06. The number of carbonyl (C=O) groups is 1. The van der Waals surface area contributed by atoms with Crippen LogP contribution in [0.2, 0.25) is 0 Å². The fourth-order valence-electron chi connectivity index (χ4n) is 9.91. The molecule has 0 radical (unpaired) electrons. The molecule has 0 spiro atoms. The van der Waals surface area contributed by atoms with E-state index in [0.717, 1.165) is 71.1 Å². The summed E-state index contributed by atoms with van der Waals surface area (Å²) in [6.45, 7) is 6.26. The fourth-order valence-corrected chi connectivity index (χ4v) is 9.91. The van der Waals surface area contributed by atoms with Crippen LogP contribution in [0.4, 0.5) is 19.4 Å². The van der Waals surface area contributed by atoms with Crippen LogP contribution in [0.5, 0.6) is 17.6 Å². The molecular formula is C43H51F2N7O6. The number of halogens is 2. The van der Waals surface area contributed by atoms with Crippen molar-refractivity contribution in [2.24, 2.45) is 11.3 Å². The molecule has 3 N–H and O–H groups in total. The Morgan fingerprint density at radius 1 is 1.09 bits per heavy atom. The van der Waals surface area contributed by atoms with Gasteiger partial charge in [-0.25, -0.2) is 18.6 Å². The van der Waals surface area contributed by atoms with Gasteiger partial charge in [0, 0.05) is 55.6 Å². The molecule has 2 aromatic carbocycles. The second kappa shape index (κ2) is 16.0. The molecule has 5 heterocycles. The predicted molar refractivity (Wildman–Crippen MR) is 215 cm³/mol. The zero-order valence-corrected chi connectivity index (χ0v) is 33.3. The Morgan fingerprint density at radius 3 is 2.64 bits per heavy atom. The Bertz CT molecular complexity index is 2260. The molecule has 1 aliphatic carbocycles. The number of methoxy groups -OCH3 is 1. The first-order valence-corrected chi connectivity index (χ1v) is 20.2. The first-order valence-electron chi connectivity index (χ1n) is 20.2. The molecule has 3 aliphatic heterocycles. The molecule has 308 valence electrons. The highest BCUT2D eigenvalue weighted by atomic mass is 19.1. The highest BCUT2D eigenvalue weighted by Gasteiger charge is 2.49. The fraction of sp³-hybridized carbons (Fsp3) is 0.535. The van der Waals surface area contributed by atoms with E-state index in [1.165, 1.54) is 31.4 Å². The van der Waals surface area contributed by atoms with Gasteiger partial charge in [0.2, 0.25) is 5.88 Å². The Kier molecular flexibility index (Phi) is 10.9. The zero-order valence-electron chi connectivity index (χ0n) is 33.3. The van der Waals surface area contributed by atoms with Crippen LogP contribution in [0, 0.1) is 35.3 Å². The van der Waals surface area contributed by atoms with Crippen molar-refractivity contribution in [2.45, 2.75) is 63.5 Å². The number of benzene rings is 2. The van der Waals surface area contributed by atoms with Crippen LogP contribution in [-0.2, 0) is 4.74 Å². The molecule has 4 fully saturated rings. The number of nitrogens with zero attached hydrogens (tertiary/aromatic N) is 6. The van der Waals surface area contributed by atoms with Gasteiger partial charge in [-0.3, -0.25) is 4.90 Å². The van der Waals surface area contributed by atoms with E-state index in [9.17, 15) is 15.0 Å². The third-order valence-electron chi connectivity index (χ3n) is 12.6. The topological polar surface area (TPSA) is 146 Å². The van der Waals surface area contributed by atoms with Gasteiger partial charge in [-0.1, -0.05) is 18.4 Å². The van der Waals surface area contributed by atoms with E-state index >= 15 is 8.78 Å². The van der Waals surface area contributed by atoms with Crippen molar-refractivity contribution in [3.8, 4) is 41.2 Å². The number of rotatable bonds is 8. The monoisotopic (exact) mass is 799 g/mol. The molecule has 2 aromatic heterocycles. The number of fused-ring (bicyclic) bond motifs is 3. The second-order valence-corrected chi connectivity index (χ2v) is 16.6. The number of urea groups is 1. The number of aromatic nitrogens is 3. The van der Waals surface area contributed by atoms with Gasteiger partial charge in [0.15, 0.2) is 5.82 Å². The van der Waals surface area contributed by atoms with Crippen molar-refractivity contribution >= 4 is 33.5 Å². The summed E-state index contributed by atoms with van der Waals surface area (Å²) in [6, 6.07) is 5.61. The number of hydrogen-bond acceptors (Lipinski definition) is 11. The van der Waals surface area contributed by atoms with Gasteiger partial charge in [-0.05, 0) is 81.5 Å². The number of hydrogen-bond donors (Lipinski definition) is 3. The number of piperidine rings is 2. The summed E-state index contributed by atoms with van der Waals surface area (Å²) in [5.41, 5.74) is -1.88. The largest absolute Gasteiger partial charge is 0.508 e. The quantitative estimate of drug-likeness (QED) is 0.195. The third kappa shape index (κ3) is 7.42. The molecule has 15 heteroatoms. The maximum Gasteiger partial charge on any atom is 0.319 e. The summed E-state index contributed by atoms with van der Waals surface area (Å²) < 4.78 is 50.6. The Labute approximate surface area is 336 Å². The predicted octanol–water partition coefficient (Wildman–Crippen LogP) is 5.47. The number of β-amino-alcohol motifs (C(OH)–C–C–N with tert-alkyl or cyclic N) is 1. The van der Waals surface area contributed by atoms with E-state index in [1.54, 1.807) is 18.9 Å². The lowest BCUT2D eigenvalue weighted by Crippen LogP contribution is -2.54. The number of ether oxygens (including phenoxy) is 3. The van der Waals surface area contributed by atoms with E-state index in [4.69, 9.17) is 30.6 Å². The molecule has 1 saturated carbocycles. The highest BCUT2D eigenvalue weighted by Crippen LogP contribution is 2.49. The number of anilines is 1. The maximum atomic E-state index is 17.4. The average Bonchev–Trinajstić information content (AvgIpc) is 3.57. The van der Waals surface area contributed by atoms with Crippen molar-refractivity contribution in [3.63, 3.8) is 0 Å². The first kappa shape index (κ1) is 39.8. The van der Waals surface area contributed by atoms with Crippen molar-refractivity contribution in [3.05, 3.63) is 41.5 Å². The first-order chi connectivity index (χ1) is 27.9. The van der Waals surface area contributed by atoms with E-state index in [-0.39, 0.29) is 87.8 Å². The SMILES string of the molecule is C#Cc1c(F)ccc2cc(O)cc(-c3nc(OC)c4c(N5CCOC[C@@](C)(O)C5)nc(OC[C@]56CCC[C@H]5N(CC5CCN(C(=O)NC)CC5)CCC6)nc4c3F)c12. The molecule has 3 saturated heterocycles. The number of amides is 2. The molecule has 0 bridgehead atoms. The van der Waals surface area contributed by atoms with Crippen LogP contribution < -0.4 is 19.7 Å². The van der Waals surface area contributed by atoms with Gasteiger partial charge in [0.05, 0.1) is 39.0 Å². The lowest BCUT2D eigenvalue weighted by molar-refractivity contribution is -0.0124. The Morgan fingerprint density at radius 2 is 1.88 bits per heavy atom. The number of phenolic OH excluding ortho intramolecular Hbond substituents is 1. The molecule has 8 rings (SSSR count). The molecular weight excluding hydrogens is 749 g/mol. The number of terminal acetylenes is 1. The normalized spacial score (nSPS) is 24.4. The number of pyridine rings is 1. The molecule has 58 heavy (non-hydrogen) atoms. The zero-order chi connectivity index (χ0) is 40.8. The van der Waals surface area contributed by atoms with E-state index in [0.29, 0.717) is 30.5 Å². The van der Waals surface area contributed by atoms with Crippen molar-refractivity contribution in [2.75, 3.05) is 78.1 Å². The lowest BCUT2D eigenvalue weighted by Gasteiger charge is -2.47. The van der Waals surface area contributed by atoms with Crippen LogP contribution >= 0.6 is 0 Å². The minimum Gasteiger partial charge on any atom is -0.508 e. The molecule has 13 nitrogen and oxygen atoms in total. The standard InChI is InChI=1S/C43H51F2N7O6/c1-5-29-31(44)10-9-27-20-28(53)21-30(33(27)29)36-35(45)37-34(39(47-36)56-4)38(52-18-19-57-24-42(2,55)23-52)49-40(48-37)58-25-43-13-6-8-32(43)51(15-7-14-43)22-26-11-16-50(17-12-26)41(54)46-3/h1,9-10,20-21,26,32,53,55H,6-8,11-19,22-25H2,2-4H3,(H,46,54)/t32-,42+,43-/m1/s1. The minimum absolute atomic E-state index is 0.0218. The maximum absolute atomic E-state index is 17.4. The van der Waals surface area contributed by atoms with E-state index in [2.05, 4.69) is 21.1 Å². The number of phenols is 1. The van der Waals surface area contributed by atoms with Gasteiger partial charge >= 0.3 is 12.0 Å². The van der Waals surface area contributed by atoms with Gasteiger partial charge in [-0.15, -0.1) is 6.42 Å². The van der Waals surface area contributed by atoms with Crippen molar-refractivity contribution < 1.29 is 38.0 Å². The summed E-state index contributed by atoms with van der Waals surface area (Å²) in [5.74, 6) is 1.37. The van der Waals surface area contributed by atoms with Crippen LogP contribution in [0.3, 0.4) is 0 Å². The Hall–Kier alpha value is -5.04. The lowest BCUT2D eigenvalue weighted by atomic mass is 9.75. The van der Waals surface area contributed by atoms with Crippen LogP contribution in [0.15, 0.2) is 24.3 Å². The van der Waals surface area contributed by atoms with E-state index in [1.807, 2.05) is 4.90 Å². The van der Waals surface area contributed by atoms with Crippen LogP contribution in [0.1, 0.15) is 57.4 Å². The Balaban J connectivity index is 1.18. The molecule has 3 atom stereocenters. The number of nitrogens with one attached hydrogen (secondary N) is 1. The summed E-state index contributed by atoms with van der Waals surface area (Å²) in [5, 5.41) is 25.5. The summed E-state index contributed by atoms with van der Waals surface area (Å²) in [6.07, 6.45) is 12.8. The van der Waals surface area contributed by atoms with Gasteiger partial charge < -0.3 is 39.5 Å². The summed E-state index contributed by atoms with van der Waals surface area (Å²) >= 11 is 0. The number of aromatic hydroxyl groups is 1. The highest BCUT2D eigenvalue weighted by molar-refractivity contribution is 6.04. The third-order valence-corrected chi connectivity index (χ3v) is 12.6. The number of aliphatic hydroxyl groups is 1. The van der Waals surface area contributed by atoms with E-state index < -0.39 is 17.2 Å². The van der Waals surface area contributed by atoms with Crippen LogP contribution in [0.25, 0.3) is 32.9 Å². The summed E-state index contributed by atoms with van der Waals surface area (Å²) in [4.78, 5) is 32.7. The minimum atomic E-state index is -1.26. The average molecular weight is 800 g/mol. The van der Waals surface area contributed by atoms with Crippen molar-refractivity contribution in [1.29, 1.82) is 0 Å². The van der Waals surface area contributed by atoms with Gasteiger partial charge in [-0.2, -0.15) is 9.97 Å². The molecule has 4 aromatic rings. The molecule has 2 amide bonds. The van der Waals surface area contributed by atoms with Crippen molar-refractivity contribution in [1.82, 2.24) is 30.1 Å². The smallest absolute Gasteiger partial charge is 0.319 e. The molecule has 0 unspecified atom stereocenters. The molecule has 4 aliphatic rings. The second-order valence-electron chi connectivity index (χ2n) is 16.6.